The topological polar surface area (TPSA) is 67.2 Å². The number of nitrogens with zero attached hydrogens (tertiary/aromatic N) is 6. The van der Waals surface area contributed by atoms with Crippen molar-refractivity contribution >= 4 is 11.9 Å². The lowest BCUT2D eigenvalue weighted by molar-refractivity contribution is -0.132. The standard InChI is InChI=1S/C23H28N6O/c1-4-20-15-21(19-7-6-17(2)18(3)14-19)26-29(20)16-22(30)27-10-12-28(13-11-27)23-24-8-5-9-25-23/h5-9,14-15H,4,10-13,16H2,1-3H3. The van der Waals surface area contributed by atoms with E-state index in [9.17, 15) is 4.79 Å². The molecule has 7 heteroatoms. The fourth-order valence-electron chi connectivity index (χ4n) is 3.76. The van der Waals surface area contributed by atoms with Crippen molar-refractivity contribution in [3.8, 4) is 11.3 Å². The highest BCUT2D eigenvalue weighted by atomic mass is 16.2. The van der Waals surface area contributed by atoms with Gasteiger partial charge in [-0.3, -0.25) is 9.48 Å². The Balaban J connectivity index is 1.43. The van der Waals surface area contributed by atoms with Crippen LogP contribution >= 0.6 is 0 Å². The van der Waals surface area contributed by atoms with E-state index >= 15 is 0 Å². The van der Waals surface area contributed by atoms with Crippen LogP contribution in [0.5, 0.6) is 0 Å². The Morgan fingerprint density at radius 2 is 1.73 bits per heavy atom. The Morgan fingerprint density at radius 3 is 2.40 bits per heavy atom. The molecule has 3 aromatic rings. The van der Waals surface area contributed by atoms with Gasteiger partial charge >= 0.3 is 0 Å². The molecule has 0 N–H and O–H groups in total. The van der Waals surface area contributed by atoms with Crippen LogP contribution in [-0.4, -0.2) is 56.7 Å². The summed E-state index contributed by atoms with van der Waals surface area (Å²) < 4.78 is 1.86. The smallest absolute Gasteiger partial charge is 0.244 e. The van der Waals surface area contributed by atoms with Gasteiger partial charge in [-0.05, 0) is 49.6 Å². The molecule has 0 bridgehead atoms. The lowest BCUT2D eigenvalue weighted by Gasteiger charge is -2.34. The van der Waals surface area contributed by atoms with Crippen molar-refractivity contribution in [3.63, 3.8) is 0 Å². The van der Waals surface area contributed by atoms with Crippen LogP contribution in [0.25, 0.3) is 11.3 Å². The molecule has 1 aliphatic rings. The minimum Gasteiger partial charge on any atom is -0.338 e. The maximum atomic E-state index is 12.9. The number of hydrogen-bond donors (Lipinski definition) is 0. The maximum Gasteiger partial charge on any atom is 0.244 e. The molecule has 0 radical (unpaired) electrons. The molecule has 30 heavy (non-hydrogen) atoms. The summed E-state index contributed by atoms with van der Waals surface area (Å²) in [5, 5.41) is 4.76. The van der Waals surface area contributed by atoms with Gasteiger partial charge < -0.3 is 9.80 Å². The van der Waals surface area contributed by atoms with Gasteiger partial charge in [-0.2, -0.15) is 5.10 Å². The van der Waals surface area contributed by atoms with E-state index in [1.807, 2.05) is 15.6 Å². The first-order valence-electron chi connectivity index (χ1n) is 10.5. The minimum atomic E-state index is 0.105. The van der Waals surface area contributed by atoms with Crippen LogP contribution in [0.1, 0.15) is 23.7 Å². The summed E-state index contributed by atoms with van der Waals surface area (Å²) >= 11 is 0. The van der Waals surface area contributed by atoms with Crippen LogP contribution in [-0.2, 0) is 17.8 Å². The van der Waals surface area contributed by atoms with Crippen LogP contribution in [0.2, 0.25) is 0 Å². The van der Waals surface area contributed by atoms with E-state index in [4.69, 9.17) is 5.10 Å². The molecule has 4 rings (SSSR count). The Morgan fingerprint density at radius 1 is 1.00 bits per heavy atom. The number of piperazine rings is 1. The van der Waals surface area contributed by atoms with Crippen molar-refractivity contribution in [2.45, 2.75) is 33.7 Å². The zero-order valence-electron chi connectivity index (χ0n) is 17.9. The molecule has 0 unspecified atom stereocenters. The molecular formula is C23H28N6O. The zero-order chi connectivity index (χ0) is 21.1. The minimum absolute atomic E-state index is 0.105. The summed E-state index contributed by atoms with van der Waals surface area (Å²) in [7, 11) is 0. The van der Waals surface area contributed by atoms with Gasteiger partial charge in [0.1, 0.15) is 6.54 Å². The van der Waals surface area contributed by atoms with E-state index in [0.717, 1.165) is 42.4 Å². The molecular weight excluding hydrogens is 376 g/mol. The Hall–Kier alpha value is -3.22. The number of amides is 1. The predicted molar refractivity (Wildman–Crippen MR) is 117 cm³/mol. The maximum absolute atomic E-state index is 12.9. The molecule has 2 aromatic heterocycles. The lowest BCUT2D eigenvalue weighted by Crippen LogP contribution is -2.50. The first-order chi connectivity index (χ1) is 14.5. The van der Waals surface area contributed by atoms with E-state index in [1.54, 1.807) is 12.4 Å². The molecule has 1 fully saturated rings. The Kier molecular flexibility index (Phi) is 5.79. The van der Waals surface area contributed by atoms with Gasteiger partial charge in [-0.1, -0.05) is 19.1 Å². The number of anilines is 1. The van der Waals surface area contributed by atoms with Crippen molar-refractivity contribution in [1.82, 2.24) is 24.6 Å². The van der Waals surface area contributed by atoms with Gasteiger partial charge in [-0.15, -0.1) is 0 Å². The van der Waals surface area contributed by atoms with Gasteiger partial charge in [0.25, 0.3) is 0 Å². The zero-order valence-corrected chi connectivity index (χ0v) is 17.9. The SMILES string of the molecule is CCc1cc(-c2ccc(C)c(C)c2)nn1CC(=O)N1CCN(c2ncccn2)CC1. The van der Waals surface area contributed by atoms with Gasteiger partial charge in [-0.25, -0.2) is 9.97 Å². The number of aromatic nitrogens is 4. The summed E-state index contributed by atoms with van der Waals surface area (Å²) in [6, 6.07) is 10.3. The highest BCUT2D eigenvalue weighted by molar-refractivity contribution is 5.76. The van der Waals surface area contributed by atoms with E-state index in [-0.39, 0.29) is 12.5 Å². The van der Waals surface area contributed by atoms with Gasteiger partial charge in [0.15, 0.2) is 0 Å². The normalized spacial score (nSPS) is 14.2. The molecule has 0 atom stereocenters. The third-order valence-corrected chi connectivity index (χ3v) is 5.78. The predicted octanol–water partition coefficient (Wildman–Crippen LogP) is 2.87. The third kappa shape index (κ3) is 4.20. The van der Waals surface area contributed by atoms with E-state index < -0.39 is 0 Å². The average molecular weight is 405 g/mol. The molecule has 1 aliphatic heterocycles. The van der Waals surface area contributed by atoms with Crippen LogP contribution in [0.15, 0.2) is 42.7 Å². The molecule has 0 aliphatic carbocycles. The number of carbonyl (C=O) groups excluding carboxylic acids is 1. The van der Waals surface area contributed by atoms with Gasteiger partial charge in [0, 0.05) is 49.8 Å². The molecule has 1 aromatic carbocycles. The van der Waals surface area contributed by atoms with Gasteiger partial charge in [0.05, 0.1) is 5.69 Å². The monoisotopic (exact) mass is 404 g/mol. The van der Waals surface area contributed by atoms with Crippen LogP contribution in [0.3, 0.4) is 0 Å². The van der Waals surface area contributed by atoms with Crippen molar-refractivity contribution in [2.24, 2.45) is 0 Å². The van der Waals surface area contributed by atoms with Crippen LogP contribution in [0.4, 0.5) is 5.95 Å². The Labute approximate surface area is 177 Å². The lowest BCUT2D eigenvalue weighted by atomic mass is 10.0. The number of rotatable bonds is 5. The number of benzene rings is 1. The van der Waals surface area contributed by atoms with Crippen molar-refractivity contribution in [3.05, 3.63) is 59.5 Å². The van der Waals surface area contributed by atoms with E-state index in [1.165, 1.54) is 11.1 Å². The second kappa shape index (κ2) is 8.65. The molecule has 1 saturated heterocycles. The van der Waals surface area contributed by atoms with Crippen LogP contribution < -0.4 is 4.90 Å². The largest absolute Gasteiger partial charge is 0.338 e. The average Bonchev–Trinajstić information content (AvgIpc) is 3.19. The molecule has 3 heterocycles. The molecule has 0 spiro atoms. The van der Waals surface area contributed by atoms with Crippen molar-refractivity contribution in [2.75, 3.05) is 31.1 Å². The number of aryl methyl sites for hydroxylation is 3. The number of carbonyl (C=O) groups is 1. The molecule has 0 saturated carbocycles. The first-order valence-corrected chi connectivity index (χ1v) is 10.5. The Bertz CT molecular complexity index is 1020. The number of hydrogen-bond acceptors (Lipinski definition) is 5. The fraction of sp³-hybridized carbons (Fsp3) is 0.391. The van der Waals surface area contributed by atoms with Crippen molar-refractivity contribution in [1.29, 1.82) is 0 Å². The highest BCUT2D eigenvalue weighted by Crippen LogP contribution is 2.22. The molecule has 7 nitrogen and oxygen atoms in total. The fourth-order valence-corrected chi connectivity index (χ4v) is 3.76. The summed E-state index contributed by atoms with van der Waals surface area (Å²) in [5.41, 5.74) is 5.61. The third-order valence-electron chi connectivity index (χ3n) is 5.78. The molecule has 156 valence electrons. The molecule has 1 amide bonds. The quantitative estimate of drug-likeness (QED) is 0.654. The second-order valence-corrected chi connectivity index (χ2v) is 7.75. The van der Waals surface area contributed by atoms with Gasteiger partial charge in [0.2, 0.25) is 11.9 Å². The summed E-state index contributed by atoms with van der Waals surface area (Å²) in [4.78, 5) is 25.6. The van der Waals surface area contributed by atoms with E-state index in [0.29, 0.717) is 13.1 Å². The highest BCUT2D eigenvalue weighted by Gasteiger charge is 2.23. The summed E-state index contributed by atoms with van der Waals surface area (Å²) in [5.74, 6) is 0.830. The van der Waals surface area contributed by atoms with Crippen molar-refractivity contribution < 1.29 is 4.79 Å². The first kappa shape index (κ1) is 20.1. The second-order valence-electron chi connectivity index (χ2n) is 7.75. The summed E-state index contributed by atoms with van der Waals surface area (Å²) in [6.07, 6.45) is 4.33. The van der Waals surface area contributed by atoms with E-state index in [2.05, 4.69) is 59.9 Å². The summed E-state index contributed by atoms with van der Waals surface area (Å²) in [6.45, 7) is 9.41. The van der Waals surface area contributed by atoms with Crippen LogP contribution in [0, 0.1) is 13.8 Å².